The second-order valence-electron chi connectivity index (χ2n) is 6.39. The highest BCUT2D eigenvalue weighted by atomic mass is 127. The molecule has 3 rings (SSSR count). The second-order valence-corrected chi connectivity index (χ2v) is 6.39. The fraction of sp³-hybridized carbons (Fsp3) is 0.750. The van der Waals surface area contributed by atoms with Crippen molar-refractivity contribution >= 4 is 29.9 Å². The van der Waals surface area contributed by atoms with Gasteiger partial charge in [-0.25, -0.2) is 4.98 Å². The Morgan fingerprint density at radius 3 is 2.95 bits per heavy atom. The molecule has 22 heavy (non-hydrogen) atoms. The highest BCUT2D eigenvalue weighted by Gasteiger charge is 2.19. The Bertz CT molecular complexity index is 487. The lowest BCUT2D eigenvalue weighted by atomic mass is 10.0. The first kappa shape index (κ1) is 17.6. The molecule has 1 fully saturated rings. The summed E-state index contributed by atoms with van der Waals surface area (Å²) in [5.41, 5.74) is 1.14. The summed E-state index contributed by atoms with van der Waals surface area (Å²) in [6.45, 7) is 6.45. The maximum absolute atomic E-state index is 4.74. The van der Waals surface area contributed by atoms with Crippen LogP contribution in [0.3, 0.4) is 0 Å². The summed E-state index contributed by atoms with van der Waals surface area (Å²) in [7, 11) is 1.87. The molecule has 1 N–H and O–H groups in total. The van der Waals surface area contributed by atoms with Gasteiger partial charge in [-0.3, -0.25) is 4.99 Å². The van der Waals surface area contributed by atoms with Gasteiger partial charge in [0.15, 0.2) is 5.96 Å². The minimum atomic E-state index is 0. The molecule has 1 saturated heterocycles. The fourth-order valence-electron chi connectivity index (χ4n) is 3.44. The van der Waals surface area contributed by atoms with E-state index in [1.54, 1.807) is 0 Å². The minimum Gasteiger partial charge on any atom is -0.351 e. The van der Waals surface area contributed by atoms with Gasteiger partial charge >= 0.3 is 0 Å². The number of halogens is 1. The number of aryl methyl sites for hydroxylation is 2. The Labute approximate surface area is 150 Å². The van der Waals surface area contributed by atoms with E-state index in [2.05, 4.69) is 32.9 Å². The number of piperidine rings is 1. The molecule has 124 valence electrons. The van der Waals surface area contributed by atoms with Gasteiger partial charge in [0.25, 0.3) is 0 Å². The Hall–Kier alpha value is -0.790. The van der Waals surface area contributed by atoms with Crippen molar-refractivity contribution in [3.63, 3.8) is 0 Å². The standard InChI is InChI=1S/C16H27N5.HI/c1-13-6-5-9-21(11-13)16(17-2)18-10-14-12-20-8-4-3-7-15(20)19-14;/h12-13H,3-11H2,1-2H3,(H,17,18);1H. The zero-order chi connectivity index (χ0) is 14.7. The summed E-state index contributed by atoms with van der Waals surface area (Å²) < 4.78 is 2.31. The van der Waals surface area contributed by atoms with Gasteiger partial charge in [0.1, 0.15) is 5.82 Å². The van der Waals surface area contributed by atoms with Crippen LogP contribution in [-0.2, 0) is 19.5 Å². The number of hydrogen-bond donors (Lipinski definition) is 1. The van der Waals surface area contributed by atoms with E-state index >= 15 is 0 Å². The number of aromatic nitrogens is 2. The van der Waals surface area contributed by atoms with E-state index < -0.39 is 0 Å². The van der Waals surface area contributed by atoms with Crippen LogP contribution in [0.1, 0.15) is 44.1 Å². The Balaban J connectivity index is 0.00000176. The van der Waals surface area contributed by atoms with Crippen molar-refractivity contribution in [1.82, 2.24) is 19.8 Å². The van der Waals surface area contributed by atoms with Gasteiger partial charge in [0.05, 0.1) is 12.2 Å². The maximum Gasteiger partial charge on any atom is 0.193 e. The van der Waals surface area contributed by atoms with Crippen molar-refractivity contribution in [2.75, 3.05) is 20.1 Å². The number of aliphatic imine (C=N–C) groups is 1. The van der Waals surface area contributed by atoms with Crippen LogP contribution in [-0.4, -0.2) is 40.5 Å². The predicted molar refractivity (Wildman–Crippen MR) is 101 cm³/mol. The van der Waals surface area contributed by atoms with E-state index in [4.69, 9.17) is 4.98 Å². The quantitative estimate of drug-likeness (QED) is 0.457. The van der Waals surface area contributed by atoms with Crippen LogP contribution in [0.15, 0.2) is 11.2 Å². The number of imidazole rings is 1. The van der Waals surface area contributed by atoms with E-state index in [9.17, 15) is 0 Å². The molecular formula is C16H28IN5. The molecule has 1 unspecified atom stereocenters. The van der Waals surface area contributed by atoms with E-state index in [0.29, 0.717) is 0 Å². The van der Waals surface area contributed by atoms with Gasteiger partial charge < -0.3 is 14.8 Å². The molecule has 6 heteroatoms. The highest BCUT2D eigenvalue weighted by molar-refractivity contribution is 14.0. The Kier molecular flexibility index (Phi) is 6.52. The molecule has 0 bridgehead atoms. The van der Waals surface area contributed by atoms with Crippen LogP contribution in [0.4, 0.5) is 0 Å². The third kappa shape index (κ3) is 4.14. The van der Waals surface area contributed by atoms with Crippen LogP contribution in [0.5, 0.6) is 0 Å². The van der Waals surface area contributed by atoms with Gasteiger partial charge in [-0.15, -0.1) is 24.0 Å². The molecular weight excluding hydrogens is 389 g/mol. The molecule has 1 aromatic heterocycles. The summed E-state index contributed by atoms with van der Waals surface area (Å²) in [5, 5.41) is 3.49. The van der Waals surface area contributed by atoms with Gasteiger partial charge in [-0.05, 0) is 31.6 Å². The molecule has 3 heterocycles. The first-order valence-corrected chi connectivity index (χ1v) is 8.27. The van der Waals surface area contributed by atoms with Crippen molar-refractivity contribution in [2.45, 2.75) is 52.1 Å². The van der Waals surface area contributed by atoms with E-state index in [1.807, 2.05) is 7.05 Å². The number of likely N-dealkylation sites (tertiary alicyclic amines) is 1. The number of hydrogen-bond acceptors (Lipinski definition) is 2. The van der Waals surface area contributed by atoms with Crippen LogP contribution in [0, 0.1) is 5.92 Å². The minimum absolute atomic E-state index is 0. The van der Waals surface area contributed by atoms with Crippen LogP contribution < -0.4 is 5.32 Å². The van der Waals surface area contributed by atoms with Gasteiger partial charge in [0, 0.05) is 39.3 Å². The summed E-state index contributed by atoms with van der Waals surface area (Å²) in [5.74, 6) is 3.03. The summed E-state index contributed by atoms with van der Waals surface area (Å²) in [6, 6.07) is 0. The molecule has 2 aliphatic rings. The van der Waals surface area contributed by atoms with Gasteiger partial charge in [0.2, 0.25) is 0 Å². The van der Waals surface area contributed by atoms with E-state index in [-0.39, 0.29) is 24.0 Å². The van der Waals surface area contributed by atoms with Gasteiger partial charge in [-0.2, -0.15) is 0 Å². The third-order valence-corrected chi connectivity index (χ3v) is 4.55. The van der Waals surface area contributed by atoms with Crippen molar-refractivity contribution in [3.8, 4) is 0 Å². The molecule has 0 aliphatic carbocycles. The smallest absolute Gasteiger partial charge is 0.193 e. The number of guanidine groups is 1. The van der Waals surface area contributed by atoms with E-state index in [1.165, 1.54) is 31.5 Å². The van der Waals surface area contributed by atoms with Crippen molar-refractivity contribution in [2.24, 2.45) is 10.9 Å². The topological polar surface area (TPSA) is 45.5 Å². The zero-order valence-electron chi connectivity index (χ0n) is 13.7. The zero-order valence-corrected chi connectivity index (χ0v) is 16.0. The second kappa shape index (κ2) is 8.17. The van der Waals surface area contributed by atoms with Crippen LogP contribution >= 0.6 is 24.0 Å². The molecule has 1 aromatic rings. The summed E-state index contributed by atoms with van der Waals surface area (Å²) >= 11 is 0. The van der Waals surface area contributed by atoms with Crippen molar-refractivity contribution < 1.29 is 0 Å². The molecule has 2 aliphatic heterocycles. The number of rotatable bonds is 2. The Morgan fingerprint density at radius 1 is 1.36 bits per heavy atom. The number of fused-ring (bicyclic) bond motifs is 1. The largest absolute Gasteiger partial charge is 0.351 e. The molecule has 1 atom stereocenters. The first-order valence-electron chi connectivity index (χ1n) is 8.27. The monoisotopic (exact) mass is 417 g/mol. The average molecular weight is 417 g/mol. The third-order valence-electron chi connectivity index (χ3n) is 4.55. The predicted octanol–water partition coefficient (Wildman–Crippen LogP) is 2.64. The summed E-state index contributed by atoms with van der Waals surface area (Å²) in [4.78, 5) is 11.6. The molecule has 0 radical (unpaired) electrons. The lowest BCUT2D eigenvalue weighted by Gasteiger charge is -2.33. The molecule has 0 amide bonds. The first-order chi connectivity index (χ1) is 10.3. The van der Waals surface area contributed by atoms with Crippen LogP contribution in [0.2, 0.25) is 0 Å². The Morgan fingerprint density at radius 2 is 2.23 bits per heavy atom. The van der Waals surface area contributed by atoms with Crippen molar-refractivity contribution in [3.05, 3.63) is 17.7 Å². The van der Waals surface area contributed by atoms with Gasteiger partial charge in [-0.1, -0.05) is 6.92 Å². The summed E-state index contributed by atoms with van der Waals surface area (Å²) in [6.07, 6.45) is 8.48. The highest BCUT2D eigenvalue weighted by Crippen LogP contribution is 2.16. The van der Waals surface area contributed by atoms with Crippen LogP contribution in [0.25, 0.3) is 0 Å². The number of nitrogens with zero attached hydrogens (tertiary/aromatic N) is 4. The number of nitrogens with one attached hydrogen (secondary N) is 1. The van der Waals surface area contributed by atoms with Crippen molar-refractivity contribution in [1.29, 1.82) is 0 Å². The average Bonchev–Trinajstić information content (AvgIpc) is 2.91. The lowest BCUT2D eigenvalue weighted by Crippen LogP contribution is -2.45. The molecule has 5 nitrogen and oxygen atoms in total. The molecule has 0 aromatic carbocycles. The SMILES string of the molecule is CN=C(NCc1cn2c(n1)CCCC2)N1CCCC(C)C1.I. The van der Waals surface area contributed by atoms with E-state index in [0.717, 1.165) is 50.2 Å². The lowest BCUT2D eigenvalue weighted by molar-refractivity contribution is 0.266. The maximum atomic E-state index is 4.74. The molecule has 0 spiro atoms. The molecule has 0 saturated carbocycles. The fourth-order valence-corrected chi connectivity index (χ4v) is 3.44. The normalized spacial score (nSPS) is 22.0.